The topological polar surface area (TPSA) is 36.4 Å². The highest BCUT2D eigenvalue weighted by Crippen LogP contribution is 2.40. The van der Waals surface area contributed by atoms with Crippen LogP contribution in [0, 0.1) is 12.3 Å². The van der Waals surface area contributed by atoms with Crippen LogP contribution in [-0.2, 0) is 17.6 Å². The first-order valence-corrected chi connectivity index (χ1v) is 10.5. The van der Waals surface area contributed by atoms with E-state index < -0.39 is 0 Å². The van der Waals surface area contributed by atoms with Crippen molar-refractivity contribution in [2.45, 2.75) is 32.6 Å². The molecular formula is C21H27N3OS. The van der Waals surface area contributed by atoms with E-state index in [9.17, 15) is 4.79 Å². The molecule has 138 valence electrons. The number of amides is 1. The Morgan fingerprint density at radius 3 is 2.69 bits per heavy atom. The van der Waals surface area contributed by atoms with Crippen molar-refractivity contribution in [3.63, 3.8) is 0 Å². The smallest absolute Gasteiger partial charge is 0.230 e. The number of aryl methyl sites for hydroxylation is 1. The summed E-state index contributed by atoms with van der Waals surface area (Å²) in [5, 5.41) is 3.30. The summed E-state index contributed by atoms with van der Waals surface area (Å²) in [6.07, 6.45) is 3.98. The predicted molar refractivity (Wildman–Crippen MR) is 105 cm³/mol. The number of benzene rings is 1. The van der Waals surface area contributed by atoms with Crippen LogP contribution in [0.4, 0.5) is 0 Å². The van der Waals surface area contributed by atoms with Gasteiger partial charge in [-0.3, -0.25) is 4.79 Å². The molecule has 4 rings (SSSR count). The average Bonchev–Trinajstić information content (AvgIpc) is 3.34. The summed E-state index contributed by atoms with van der Waals surface area (Å²) in [5.41, 5.74) is 2.39. The van der Waals surface area contributed by atoms with Gasteiger partial charge in [-0.1, -0.05) is 30.3 Å². The van der Waals surface area contributed by atoms with E-state index in [0.717, 1.165) is 63.4 Å². The SMILES string of the molecule is Cc1nc(CCN2CCC3(CCN(CCc4ccccc4)C3=O)C2)cs1. The molecule has 2 aliphatic rings. The van der Waals surface area contributed by atoms with Crippen LogP contribution >= 0.6 is 11.3 Å². The van der Waals surface area contributed by atoms with Crippen molar-refractivity contribution < 1.29 is 4.79 Å². The minimum atomic E-state index is -0.116. The molecule has 2 saturated heterocycles. The van der Waals surface area contributed by atoms with Gasteiger partial charge in [0.25, 0.3) is 0 Å². The van der Waals surface area contributed by atoms with Gasteiger partial charge in [-0.15, -0.1) is 11.3 Å². The molecule has 1 aromatic carbocycles. The van der Waals surface area contributed by atoms with Crippen molar-refractivity contribution in [3.05, 3.63) is 52.0 Å². The molecular weight excluding hydrogens is 342 g/mol. The molecule has 2 aliphatic heterocycles. The number of carbonyl (C=O) groups excluding carboxylic acids is 1. The van der Waals surface area contributed by atoms with E-state index in [0.29, 0.717) is 5.91 Å². The van der Waals surface area contributed by atoms with E-state index in [4.69, 9.17) is 0 Å². The minimum Gasteiger partial charge on any atom is -0.342 e. The van der Waals surface area contributed by atoms with Gasteiger partial charge in [0.1, 0.15) is 0 Å². The lowest BCUT2D eigenvalue weighted by molar-refractivity contribution is -0.135. The second kappa shape index (κ2) is 7.49. The Kier molecular flexibility index (Phi) is 5.09. The molecule has 0 N–H and O–H groups in total. The molecule has 0 aliphatic carbocycles. The van der Waals surface area contributed by atoms with E-state index in [1.807, 2.05) is 6.07 Å². The third kappa shape index (κ3) is 3.69. The highest BCUT2D eigenvalue weighted by Gasteiger charge is 2.50. The monoisotopic (exact) mass is 369 g/mol. The zero-order valence-electron chi connectivity index (χ0n) is 15.5. The number of hydrogen-bond acceptors (Lipinski definition) is 4. The van der Waals surface area contributed by atoms with Crippen molar-refractivity contribution in [2.75, 3.05) is 32.7 Å². The summed E-state index contributed by atoms with van der Waals surface area (Å²) in [5.74, 6) is 0.389. The lowest BCUT2D eigenvalue weighted by atomic mass is 9.85. The molecule has 0 bridgehead atoms. The zero-order valence-corrected chi connectivity index (χ0v) is 16.3. The molecule has 0 saturated carbocycles. The number of likely N-dealkylation sites (tertiary alicyclic amines) is 2. The van der Waals surface area contributed by atoms with Crippen molar-refractivity contribution >= 4 is 17.2 Å². The van der Waals surface area contributed by atoms with Gasteiger partial charge in [0.05, 0.1) is 16.1 Å². The lowest BCUT2D eigenvalue weighted by Gasteiger charge is -2.23. The molecule has 0 radical (unpaired) electrons. The van der Waals surface area contributed by atoms with Gasteiger partial charge in [-0.25, -0.2) is 4.98 Å². The second-order valence-electron chi connectivity index (χ2n) is 7.69. The minimum absolute atomic E-state index is 0.116. The highest BCUT2D eigenvalue weighted by atomic mass is 32.1. The largest absolute Gasteiger partial charge is 0.342 e. The first-order valence-electron chi connectivity index (χ1n) is 9.61. The van der Waals surface area contributed by atoms with Crippen molar-refractivity contribution in [3.8, 4) is 0 Å². The fourth-order valence-corrected chi connectivity index (χ4v) is 4.99. The van der Waals surface area contributed by atoms with Crippen LogP contribution < -0.4 is 0 Å². The Morgan fingerprint density at radius 1 is 1.12 bits per heavy atom. The zero-order chi connectivity index (χ0) is 18.0. The molecule has 1 aromatic heterocycles. The third-order valence-electron chi connectivity index (χ3n) is 5.90. The van der Waals surface area contributed by atoms with Gasteiger partial charge in [0.2, 0.25) is 5.91 Å². The summed E-state index contributed by atoms with van der Waals surface area (Å²) >= 11 is 1.72. The van der Waals surface area contributed by atoms with Crippen molar-refractivity contribution in [2.24, 2.45) is 5.41 Å². The molecule has 5 heteroatoms. The predicted octanol–water partition coefficient (Wildman–Crippen LogP) is 3.16. The molecule has 4 nitrogen and oxygen atoms in total. The van der Waals surface area contributed by atoms with Crippen LogP contribution in [0.25, 0.3) is 0 Å². The fourth-order valence-electron chi connectivity index (χ4n) is 4.34. The number of aromatic nitrogens is 1. The number of rotatable bonds is 6. The maximum absolute atomic E-state index is 13.1. The second-order valence-corrected chi connectivity index (χ2v) is 8.75. The number of carbonyl (C=O) groups is 1. The van der Waals surface area contributed by atoms with Crippen LogP contribution in [0.1, 0.15) is 29.1 Å². The molecule has 3 heterocycles. The molecule has 26 heavy (non-hydrogen) atoms. The molecule has 2 aromatic rings. The van der Waals surface area contributed by atoms with Crippen molar-refractivity contribution in [1.82, 2.24) is 14.8 Å². The Hall–Kier alpha value is -1.72. The van der Waals surface area contributed by atoms with Crippen LogP contribution in [-0.4, -0.2) is 53.4 Å². The van der Waals surface area contributed by atoms with Gasteiger partial charge in [0.15, 0.2) is 0 Å². The number of nitrogens with zero attached hydrogens (tertiary/aromatic N) is 3. The van der Waals surface area contributed by atoms with E-state index in [1.54, 1.807) is 11.3 Å². The van der Waals surface area contributed by atoms with E-state index in [1.165, 1.54) is 11.3 Å². The third-order valence-corrected chi connectivity index (χ3v) is 6.72. The molecule has 1 atom stereocenters. The Labute approximate surface area is 159 Å². The number of thiazole rings is 1. The van der Waals surface area contributed by atoms with E-state index in [2.05, 4.69) is 51.4 Å². The average molecular weight is 370 g/mol. The van der Waals surface area contributed by atoms with Gasteiger partial charge in [-0.2, -0.15) is 0 Å². The summed E-state index contributed by atoms with van der Waals surface area (Å²) in [4.78, 5) is 22.2. The summed E-state index contributed by atoms with van der Waals surface area (Å²) < 4.78 is 0. The van der Waals surface area contributed by atoms with Gasteiger partial charge in [0, 0.05) is 38.0 Å². The van der Waals surface area contributed by atoms with Crippen LogP contribution in [0.15, 0.2) is 35.7 Å². The Morgan fingerprint density at radius 2 is 1.92 bits per heavy atom. The van der Waals surface area contributed by atoms with E-state index in [-0.39, 0.29) is 5.41 Å². The van der Waals surface area contributed by atoms with Crippen LogP contribution in [0.5, 0.6) is 0 Å². The normalized spacial score (nSPS) is 23.4. The molecule has 1 unspecified atom stereocenters. The lowest BCUT2D eigenvalue weighted by Crippen LogP contribution is -2.38. The van der Waals surface area contributed by atoms with Crippen LogP contribution in [0.3, 0.4) is 0 Å². The van der Waals surface area contributed by atoms with Crippen molar-refractivity contribution in [1.29, 1.82) is 0 Å². The number of hydrogen-bond donors (Lipinski definition) is 0. The fraction of sp³-hybridized carbons (Fsp3) is 0.524. The molecule has 1 amide bonds. The summed E-state index contributed by atoms with van der Waals surface area (Å²) in [6, 6.07) is 10.5. The Bertz CT molecular complexity index is 760. The molecule has 1 spiro atoms. The maximum atomic E-state index is 13.1. The quantitative estimate of drug-likeness (QED) is 0.785. The summed E-state index contributed by atoms with van der Waals surface area (Å²) in [6.45, 7) is 6.81. The van der Waals surface area contributed by atoms with Gasteiger partial charge in [-0.05, 0) is 38.3 Å². The summed E-state index contributed by atoms with van der Waals surface area (Å²) in [7, 11) is 0. The Balaban J connectivity index is 1.29. The standard InChI is InChI=1S/C21H27N3OS/c1-17-22-19(15-26-17)8-11-23-13-9-21(16-23)10-14-24(20(21)25)12-7-18-5-3-2-4-6-18/h2-6,15H,7-14,16H2,1H3. The highest BCUT2D eigenvalue weighted by molar-refractivity contribution is 7.09. The maximum Gasteiger partial charge on any atom is 0.230 e. The molecule has 2 fully saturated rings. The first kappa shape index (κ1) is 17.7. The first-order chi connectivity index (χ1) is 12.6. The van der Waals surface area contributed by atoms with Gasteiger partial charge < -0.3 is 9.80 Å². The van der Waals surface area contributed by atoms with Crippen LogP contribution in [0.2, 0.25) is 0 Å². The van der Waals surface area contributed by atoms with Gasteiger partial charge >= 0.3 is 0 Å². The van der Waals surface area contributed by atoms with E-state index >= 15 is 0 Å².